The molecule has 0 spiro atoms. The van der Waals surface area contributed by atoms with Crippen LogP contribution in [0.15, 0.2) is 48.8 Å². The summed E-state index contributed by atoms with van der Waals surface area (Å²) in [4.78, 5) is 35.7. The summed E-state index contributed by atoms with van der Waals surface area (Å²) in [7, 11) is 0. The maximum absolute atomic E-state index is 13.4. The van der Waals surface area contributed by atoms with E-state index in [1.165, 1.54) is 6.07 Å². The molecule has 0 bridgehead atoms. The highest BCUT2D eigenvalue weighted by atomic mass is 19.4. The van der Waals surface area contributed by atoms with Gasteiger partial charge in [-0.3, -0.25) is 19.5 Å². The summed E-state index contributed by atoms with van der Waals surface area (Å²) in [5, 5.41) is 12.3. The molecule has 3 aromatic rings. The van der Waals surface area contributed by atoms with E-state index in [0.717, 1.165) is 28.5 Å². The minimum absolute atomic E-state index is 0.0690. The van der Waals surface area contributed by atoms with Crippen LogP contribution in [0.5, 0.6) is 0 Å². The van der Waals surface area contributed by atoms with Crippen LogP contribution in [0.1, 0.15) is 46.9 Å². The third kappa shape index (κ3) is 5.06. The number of benzene rings is 1. The van der Waals surface area contributed by atoms with Crippen LogP contribution in [-0.2, 0) is 21.1 Å². The summed E-state index contributed by atoms with van der Waals surface area (Å²) in [6, 6.07) is 9.17. The fourth-order valence-electron chi connectivity index (χ4n) is 5.59. The minimum atomic E-state index is -4.66. The second-order valence-corrected chi connectivity index (χ2v) is 10.3. The van der Waals surface area contributed by atoms with Gasteiger partial charge < -0.3 is 15.2 Å². The smallest absolute Gasteiger partial charge is 0.395 e. The van der Waals surface area contributed by atoms with E-state index < -0.39 is 23.2 Å². The monoisotopic (exact) mass is 554 g/mol. The van der Waals surface area contributed by atoms with Crippen molar-refractivity contribution in [3.05, 3.63) is 71.2 Å². The number of rotatable bonds is 5. The number of nitrogens with zero attached hydrogens (tertiary/aromatic N) is 3. The fraction of sp³-hybridized carbons (Fsp3) is 0.379. The Morgan fingerprint density at radius 1 is 1.20 bits per heavy atom. The number of hydrogen-bond donors (Lipinski definition) is 2. The number of aliphatic hydroxyl groups excluding tert-OH is 1. The van der Waals surface area contributed by atoms with Crippen molar-refractivity contribution in [2.45, 2.75) is 38.3 Å². The summed E-state index contributed by atoms with van der Waals surface area (Å²) in [5.41, 5.74) is 1.89. The molecule has 210 valence electrons. The van der Waals surface area contributed by atoms with E-state index in [4.69, 9.17) is 4.74 Å². The topological polar surface area (TPSA) is 105 Å². The van der Waals surface area contributed by atoms with E-state index in [9.17, 15) is 27.9 Å². The number of pyridine rings is 2. The number of alkyl halides is 3. The molecule has 0 aliphatic carbocycles. The van der Waals surface area contributed by atoms with Crippen molar-refractivity contribution in [3.63, 3.8) is 0 Å². The normalized spacial score (nSPS) is 20.9. The lowest BCUT2D eigenvalue weighted by atomic mass is 9.66. The molecule has 1 fully saturated rings. The lowest BCUT2D eigenvalue weighted by Gasteiger charge is -2.44. The first-order chi connectivity index (χ1) is 19.0. The number of hydrogen-bond acceptors (Lipinski definition) is 6. The molecule has 40 heavy (non-hydrogen) atoms. The van der Waals surface area contributed by atoms with E-state index in [0.29, 0.717) is 43.6 Å². The molecule has 1 aromatic carbocycles. The Labute approximate surface area is 229 Å². The number of nitrogens with one attached hydrogen (secondary N) is 1. The Kier molecular flexibility index (Phi) is 7.36. The van der Waals surface area contributed by atoms with E-state index in [-0.39, 0.29) is 30.5 Å². The first-order valence-corrected chi connectivity index (χ1v) is 13.0. The van der Waals surface area contributed by atoms with Gasteiger partial charge in [-0.15, -0.1) is 0 Å². The van der Waals surface area contributed by atoms with Crippen LogP contribution in [0.2, 0.25) is 0 Å². The molecule has 11 heteroatoms. The first kappa shape index (κ1) is 27.7. The average molecular weight is 555 g/mol. The molecule has 0 saturated carbocycles. The number of aryl methyl sites for hydroxylation is 1. The number of amides is 2. The van der Waals surface area contributed by atoms with Crippen LogP contribution >= 0.6 is 0 Å². The molecule has 0 radical (unpaired) electrons. The molecule has 2 aliphatic rings. The van der Waals surface area contributed by atoms with Crippen LogP contribution in [-0.4, -0.2) is 53.3 Å². The van der Waals surface area contributed by atoms with Gasteiger partial charge in [-0.1, -0.05) is 13.0 Å². The van der Waals surface area contributed by atoms with Crippen molar-refractivity contribution in [1.29, 1.82) is 0 Å². The summed E-state index contributed by atoms with van der Waals surface area (Å²) in [6.45, 7) is 4.89. The SMILES string of the molecule is Cc1ccc(NC(=O)c2ccnc(C(F)(F)F)c2)cc1-c1cnc2c(c1)[C@@]1(C)CCOCC[C@@H]1C(=O)N2CCO. The van der Waals surface area contributed by atoms with Crippen molar-refractivity contribution in [2.75, 3.05) is 36.6 Å². The minimum Gasteiger partial charge on any atom is -0.395 e. The highest BCUT2D eigenvalue weighted by molar-refractivity contribution is 6.04. The van der Waals surface area contributed by atoms with E-state index in [2.05, 4.69) is 22.2 Å². The molecule has 2 N–H and O–H groups in total. The zero-order valence-corrected chi connectivity index (χ0v) is 22.1. The number of β-amino-alcohol motifs (C(OH)–C–C–N with tert-alkyl or cyclic N) is 1. The Morgan fingerprint density at radius 2 is 2.00 bits per heavy atom. The van der Waals surface area contributed by atoms with E-state index in [1.54, 1.807) is 23.2 Å². The van der Waals surface area contributed by atoms with Gasteiger partial charge in [0.15, 0.2) is 0 Å². The second-order valence-electron chi connectivity index (χ2n) is 10.3. The standard InChI is InChI=1S/C29H29F3N4O4/c1-17-3-4-20(35-26(38)18-5-8-33-24(14-18)29(30,31)32)15-21(17)19-13-23-25(34-16-19)36(9-10-37)27(39)22-6-11-40-12-7-28(22,23)2/h3-5,8,13-16,22,37H,6-7,9-12H2,1-2H3,(H,35,38)/t22-,28+/m1/s1. The Bertz CT molecular complexity index is 1460. The van der Waals surface area contributed by atoms with Gasteiger partial charge in [0.1, 0.15) is 11.5 Å². The Balaban J connectivity index is 1.51. The van der Waals surface area contributed by atoms with Crippen LogP contribution in [0, 0.1) is 12.8 Å². The maximum atomic E-state index is 13.4. The van der Waals surface area contributed by atoms with Gasteiger partial charge in [0, 0.05) is 53.4 Å². The lowest BCUT2D eigenvalue weighted by Crippen LogP contribution is -2.52. The summed E-state index contributed by atoms with van der Waals surface area (Å²) < 4.78 is 44.9. The zero-order chi connectivity index (χ0) is 28.7. The van der Waals surface area contributed by atoms with Crippen molar-refractivity contribution < 1.29 is 32.6 Å². The highest BCUT2D eigenvalue weighted by Crippen LogP contribution is 2.48. The summed E-state index contributed by atoms with van der Waals surface area (Å²) in [6.07, 6.45) is -0.862. The number of carbonyl (C=O) groups excluding carboxylic acids is 2. The number of aliphatic hydroxyl groups is 1. The Morgan fingerprint density at radius 3 is 2.75 bits per heavy atom. The summed E-state index contributed by atoms with van der Waals surface area (Å²) in [5.74, 6) is -0.567. The molecule has 4 heterocycles. The van der Waals surface area contributed by atoms with Gasteiger partial charge in [0.2, 0.25) is 5.91 Å². The van der Waals surface area contributed by atoms with E-state index in [1.807, 2.05) is 19.1 Å². The van der Waals surface area contributed by atoms with Crippen molar-refractivity contribution in [1.82, 2.24) is 9.97 Å². The predicted molar refractivity (Wildman–Crippen MR) is 142 cm³/mol. The quantitative estimate of drug-likeness (QED) is 0.472. The van der Waals surface area contributed by atoms with Gasteiger partial charge in [-0.05, 0) is 61.2 Å². The number of ether oxygens (including phenoxy) is 1. The molecular weight excluding hydrogens is 525 g/mol. The summed E-state index contributed by atoms with van der Waals surface area (Å²) >= 11 is 0. The third-order valence-electron chi connectivity index (χ3n) is 7.83. The molecular formula is C29H29F3N4O4. The lowest BCUT2D eigenvalue weighted by molar-refractivity contribution is -0.141. The first-order valence-electron chi connectivity index (χ1n) is 13.0. The second kappa shape index (κ2) is 10.6. The van der Waals surface area contributed by atoms with Gasteiger partial charge in [0.25, 0.3) is 5.91 Å². The Hall–Kier alpha value is -3.83. The van der Waals surface area contributed by atoms with Gasteiger partial charge in [-0.25, -0.2) is 4.98 Å². The number of fused-ring (bicyclic) bond motifs is 3. The highest BCUT2D eigenvalue weighted by Gasteiger charge is 2.49. The van der Waals surface area contributed by atoms with Crippen molar-refractivity contribution >= 4 is 23.3 Å². The van der Waals surface area contributed by atoms with Crippen LogP contribution < -0.4 is 10.2 Å². The molecule has 8 nitrogen and oxygen atoms in total. The predicted octanol–water partition coefficient (Wildman–Crippen LogP) is 4.75. The molecule has 2 aliphatic heterocycles. The molecule has 2 atom stereocenters. The number of halogens is 3. The molecule has 2 aromatic heterocycles. The zero-order valence-electron chi connectivity index (χ0n) is 22.1. The van der Waals surface area contributed by atoms with Gasteiger partial charge in [-0.2, -0.15) is 13.2 Å². The van der Waals surface area contributed by atoms with Crippen LogP contribution in [0.3, 0.4) is 0 Å². The largest absolute Gasteiger partial charge is 0.433 e. The molecule has 0 unspecified atom stereocenters. The van der Waals surface area contributed by atoms with E-state index >= 15 is 0 Å². The van der Waals surface area contributed by atoms with Gasteiger partial charge >= 0.3 is 6.18 Å². The molecule has 5 rings (SSSR count). The maximum Gasteiger partial charge on any atom is 0.433 e. The molecule has 1 saturated heterocycles. The number of aromatic nitrogens is 2. The number of carbonyl (C=O) groups is 2. The average Bonchev–Trinajstić information content (AvgIpc) is 3.14. The molecule has 2 amide bonds. The van der Waals surface area contributed by atoms with Crippen molar-refractivity contribution in [3.8, 4) is 11.1 Å². The van der Waals surface area contributed by atoms with Crippen LogP contribution in [0.4, 0.5) is 24.7 Å². The number of anilines is 2. The van der Waals surface area contributed by atoms with Crippen molar-refractivity contribution in [2.24, 2.45) is 5.92 Å². The van der Waals surface area contributed by atoms with Crippen LogP contribution in [0.25, 0.3) is 11.1 Å². The van der Waals surface area contributed by atoms with Gasteiger partial charge in [0.05, 0.1) is 19.1 Å². The fourth-order valence-corrected chi connectivity index (χ4v) is 5.59. The third-order valence-corrected chi connectivity index (χ3v) is 7.83.